The van der Waals surface area contributed by atoms with E-state index in [1.54, 1.807) is 50.2 Å². The average molecular weight is 508 g/mol. The summed E-state index contributed by atoms with van der Waals surface area (Å²) in [6.45, 7) is 3.37. The van der Waals surface area contributed by atoms with Crippen LogP contribution < -0.4 is 20.7 Å². The molecule has 0 saturated carbocycles. The molecule has 0 aliphatic rings. The topological polar surface area (TPSA) is 184 Å². The molecule has 0 amide bonds. The minimum absolute atomic E-state index is 0. The molecule has 0 spiro atoms. The van der Waals surface area contributed by atoms with Gasteiger partial charge in [0.05, 0.1) is 17.1 Å². The molecule has 1 N–H and O–H groups in total. The van der Waals surface area contributed by atoms with E-state index in [1.165, 1.54) is 4.68 Å². The van der Waals surface area contributed by atoms with E-state index >= 15 is 0 Å². The summed E-state index contributed by atoms with van der Waals surface area (Å²) in [6, 6.07) is 17.8. The van der Waals surface area contributed by atoms with Crippen molar-refractivity contribution in [3.8, 4) is 11.6 Å². The first-order valence-electron chi connectivity index (χ1n) is 8.36. The largest absolute Gasteiger partial charge is 2.00 e. The minimum atomic E-state index is -0.458. The second kappa shape index (κ2) is 15.9. The number of hydrogen-bond acceptors (Lipinski definition) is 8. The number of hydrogen-bond donors (Lipinski definition) is 1. The van der Waals surface area contributed by atoms with Gasteiger partial charge in [-0.15, -0.1) is 0 Å². The van der Waals surface area contributed by atoms with Crippen molar-refractivity contribution < 1.29 is 52.4 Å². The third kappa shape index (κ3) is 8.04. The van der Waals surface area contributed by atoms with Crippen LogP contribution in [0.1, 0.15) is 23.7 Å². The Morgan fingerprint density at radius 1 is 0.935 bits per heavy atom. The van der Waals surface area contributed by atoms with Crippen LogP contribution in [0.25, 0.3) is 5.69 Å². The molecule has 1 heterocycles. The molecule has 0 unspecified atom stereocenters. The first-order valence-corrected chi connectivity index (χ1v) is 8.36. The van der Waals surface area contributed by atoms with E-state index in [9.17, 15) is 10.2 Å². The molecule has 31 heavy (non-hydrogen) atoms. The summed E-state index contributed by atoms with van der Waals surface area (Å²) in [5.74, 6) is -0.743. The first kappa shape index (κ1) is 30.3. The van der Waals surface area contributed by atoms with Crippen LogP contribution in [0, 0.1) is 6.92 Å². The summed E-state index contributed by atoms with van der Waals surface area (Å²) in [5.41, 5.74) is 2.37. The number of aliphatic hydroxyl groups is 1. The Balaban J connectivity index is 0. The molecule has 0 aliphatic heterocycles. The number of aliphatic hydroxyl groups excluding tert-OH is 1. The number of rotatable bonds is 4. The summed E-state index contributed by atoms with van der Waals surface area (Å²) in [4.78, 5) is 0. The third-order valence-electron chi connectivity index (χ3n) is 3.69. The van der Waals surface area contributed by atoms with Gasteiger partial charge in [0, 0.05) is 45.5 Å². The van der Waals surface area contributed by atoms with Crippen molar-refractivity contribution in [1.29, 1.82) is 0 Å². The van der Waals surface area contributed by atoms with Crippen molar-refractivity contribution in [3.05, 3.63) is 77.5 Å². The van der Waals surface area contributed by atoms with Crippen molar-refractivity contribution in [1.82, 2.24) is 9.78 Å². The normalized spacial score (nSPS) is 10.4. The van der Waals surface area contributed by atoms with Gasteiger partial charge in [0.1, 0.15) is 0 Å². The second-order valence-corrected chi connectivity index (χ2v) is 5.47. The van der Waals surface area contributed by atoms with E-state index in [1.807, 2.05) is 24.3 Å². The van der Waals surface area contributed by atoms with Crippen molar-refractivity contribution in [2.45, 2.75) is 13.8 Å². The molecule has 0 aliphatic carbocycles. The monoisotopic (exact) mass is 510 g/mol. The molecular formula is C20H20MoN4O6-6. The number of nitrogens with zero attached hydrogens (tertiary/aromatic N) is 4. The van der Waals surface area contributed by atoms with Gasteiger partial charge in [-0.05, 0) is 31.5 Å². The van der Waals surface area contributed by atoms with Crippen LogP contribution in [-0.4, -0.2) is 33.6 Å². The number of benzene rings is 2. The van der Waals surface area contributed by atoms with E-state index in [-0.39, 0.29) is 32.4 Å². The average Bonchev–Trinajstić information content (AvgIpc) is 3.09. The van der Waals surface area contributed by atoms with Crippen LogP contribution in [0.15, 0.2) is 70.9 Å². The molecule has 3 rings (SSSR count). The Morgan fingerprint density at radius 2 is 1.42 bits per heavy atom. The van der Waals surface area contributed by atoms with Gasteiger partial charge >= 0.3 is 0 Å². The Kier molecular flexibility index (Phi) is 15.5. The minimum Gasteiger partial charge on any atom is -2.00 e. The van der Waals surface area contributed by atoms with Gasteiger partial charge in [0.15, 0.2) is 0 Å². The van der Waals surface area contributed by atoms with Crippen molar-refractivity contribution >= 4 is 11.6 Å². The SMILES string of the molecule is C/C(=N\N=C(/[O-])c1ccccc1)c1c(C)nn(-c2ccccc2)c1[O-].CO.[Mo].[O-2].[O-][O-]. The predicted molar refractivity (Wildman–Crippen MR) is 102 cm³/mol. The maximum atomic E-state index is 12.6. The molecular weight excluding hydrogens is 488 g/mol. The maximum Gasteiger partial charge on any atom is 0.0699 e. The van der Waals surface area contributed by atoms with Crippen molar-refractivity contribution in [2.24, 2.45) is 10.2 Å². The van der Waals surface area contributed by atoms with Gasteiger partial charge in [0.2, 0.25) is 0 Å². The summed E-state index contributed by atoms with van der Waals surface area (Å²) in [6.07, 6.45) is 0. The predicted octanol–water partition coefficient (Wildman–Crippen LogP) is -1.11. The summed E-state index contributed by atoms with van der Waals surface area (Å²) in [7, 11) is 1.00. The maximum absolute atomic E-state index is 12.6. The molecule has 0 atom stereocenters. The van der Waals surface area contributed by atoms with E-state index in [2.05, 4.69) is 15.3 Å². The fraction of sp³-hybridized carbons (Fsp3) is 0.150. The first-order chi connectivity index (χ1) is 14.1. The molecule has 10 nitrogen and oxygen atoms in total. The molecule has 0 fully saturated rings. The molecule has 0 saturated heterocycles. The summed E-state index contributed by atoms with van der Waals surface area (Å²) < 4.78 is 1.32. The van der Waals surface area contributed by atoms with Gasteiger partial charge in [-0.3, -0.25) is 0 Å². The van der Waals surface area contributed by atoms with Crippen LogP contribution in [0.4, 0.5) is 0 Å². The number of aryl methyl sites for hydroxylation is 1. The van der Waals surface area contributed by atoms with Crippen molar-refractivity contribution in [3.63, 3.8) is 0 Å². The third-order valence-corrected chi connectivity index (χ3v) is 3.69. The van der Waals surface area contributed by atoms with E-state index in [4.69, 9.17) is 15.6 Å². The van der Waals surface area contributed by atoms with Crippen LogP contribution in [0.3, 0.4) is 0 Å². The van der Waals surface area contributed by atoms with Gasteiger partial charge in [-0.25, -0.2) is 4.68 Å². The zero-order valence-electron chi connectivity index (χ0n) is 17.0. The zero-order chi connectivity index (χ0) is 21.8. The van der Waals surface area contributed by atoms with Gasteiger partial charge in [-0.1, -0.05) is 48.5 Å². The number of aromatic nitrogens is 2. The van der Waals surface area contributed by atoms with E-state index in [0.717, 1.165) is 7.11 Å². The Hall–Kier alpha value is -2.88. The fourth-order valence-electron chi connectivity index (χ4n) is 2.48. The van der Waals surface area contributed by atoms with Crippen LogP contribution in [0.5, 0.6) is 5.88 Å². The van der Waals surface area contributed by atoms with E-state index in [0.29, 0.717) is 28.2 Å². The molecule has 2 aromatic carbocycles. The van der Waals surface area contributed by atoms with Crippen LogP contribution in [-0.2, 0) is 26.5 Å². The standard InChI is InChI=1S/C19H18N4O2.CH4O.Mo.O2.O/c1-13(20-21-18(24)15-9-5-3-6-10-15)17-14(2)22-23(19(17)25)16-11-7-4-8-12-16;1-2;;1-2;/h3-12,25H,1-2H3,(H,21,24);2H,1H3;;;/q;;;2*-2/p-2/b20-13+;;;;. The molecule has 1 aromatic heterocycles. The molecule has 11 heteroatoms. The second-order valence-electron chi connectivity index (χ2n) is 5.47. The molecule has 0 radical (unpaired) electrons. The van der Waals surface area contributed by atoms with Gasteiger partial charge in [-0.2, -0.15) is 15.3 Å². The van der Waals surface area contributed by atoms with Crippen LogP contribution in [0.2, 0.25) is 0 Å². The Morgan fingerprint density at radius 3 is 1.94 bits per heavy atom. The van der Waals surface area contributed by atoms with Gasteiger partial charge < -0.3 is 31.3 Å². The Bertz CT molecular complexity index is 947. The van der Waals surface area contributed by atoms with Crippen LogP contribution >= 0.6 is 0 Å². The molecule has 0 bridgehead atoms. The summed E-state index contributed by atoms with van der Waals surface area (Å²) in [5, 5.41) is 57.6. The number of para-hydroxylation sites is 1. The quantitative estimate of drug-likeness (QED) is 0.153. The van der Waals surface area contributed by atoms with E-state index < -0.39 is 5.90 Å². The zero-order valence-corrected chi connectivity index (χ0v) is 19.0. The van der Waals surface area contributed by atoms with Gasteiger partial charge in [0.25, 0.3) is 0 Å². The summed E-state index contributed by atoms with van der Waals surface area (Å²) >= 11 is 0. The fourth-order valence-corrected chi connectivity index (χ4v) is 2.48. The Labute approximate surface area is 194 Å². The smallest absolute Gasteiger partial charge is 0.0699 e. The molecule has 168 valence electrons. The molecule has 3 aromatic rings. The van der Waals surface area contributed by atoms with Crippen molar-refractivity contribution in [2.75, 3.05) is 7.11 Å².